The number of likely N-dealkylation sites (N-methyl/N-ethyl adjacent to an activating group) is 1. The molecule has 1 saturated heterocycles. The second kappa shape index (κ2) is 6.66. The lowest BCUT2D eigenvalue weighted by molar-refractivity contribution is -0.132. The fraction of sp³-hybridized carbons (Fsp3) is 0.533. The number of hydrogen-bond acceptors (Lipinski definition) is 2. The second-order valence-corrected chi connectivity index (χ2v) is 5.14. The van der Waals surface area contributed by atoms with Gasteiger partial charge in [0.2, 0.25) is 5.91 Å². The highest BCUT2D eigenvalue weighted by molar-refractivity contribution is 5.81. The Morgan fingerprint density at radius 3 is 3.00 bits per heavy atom. The number of rotatable bonds is 4. The number of carbonyl (C=O) groups excluding carboxylic acids is 1. The van der Waals surface area contributed by atoms with Crippen LogP contribution in [-0.2, 0) is 11.2 Å². The first-order chi connectivity index (χ1) is 9.16. The van der Waals surface area contributed by atoms with Crippen molar-refractivity contribution in [1.29, 1.82) is 0 Å². The molecule has 3 nitrogen and oxygen atoms in total. The van der Waals surface area contributed by atoms with Crippen molar-refractivity contribution in [1.82, 2.24) is 10.2 Å². The number of piperidine rings is 1. The molecule has 0 bridgehead atoms. The van der Waals surface area contributed by atoms with E-state index in [-0.39, 0.29) is 17.8 Å². The molecule has 1 aliphatic heterocycles. The second-order valence-electron chi connectivity index (χ2n) is 5.14. The zero-order valence-electron chi connectivity index (χ0n) is 11.4. The summed E-state index contributed by atoms with van der Waals surface area (Å²) in [5.41, 5.74) is 0.927. The smallest absolute Gasteiger partial charge is 0.239 e. The molecule has 1 atom stereocenters. The molecule has 1 heterocycles. The minimum absolute atomic E-state index is 0.0359. The highest BCUT2D eigenvalue weighted by Crippen LogP contribution is 2.10. The van der Waals surface area contributed by atoms with Crippen molar-refractivity contribution < 1.29 is 9.18 Å². The molecule has 0 aromatic heterocycles. The molecule has 0 aliphatic carbocycles. The summed E-state index contributed by atoms with van der Waals surface area (Å²) in [7, 11) is 1.82. The molecule has 1 aromatic rings. The van der Waals surface area contributed by atoms with E-state index in [4.69, 9.17) is 0 Å². The van der Waals surface area contributed by atoms with E-state index in [0.717, 1.165) is 31.4 Å². The molecule has 1 aliphatic rings. The van der Waals surface area contributed by atoms with Gasteiger partial charge in [-0.1, -0.05) is 18.6 Å². The van der Waals surface area contributed by atoms with Gasteiger partial charge in [-0.15, -0.1) is 0 Å². The van der Waals surface area contributed by atoms with Gasteiger partial charge in [-0.25, -0.2) is 4.39 Å². The van der Waals surface area contributed by atoms with E-state index < -0.39 is 0 Å². The molecular formula is C15H21FN2O. The van der Waals surface area contributed by atoms with E-state index in [9.17, 15) is 9.18 Å². The standard InChI is InChI=1S/C15H21FN2O/c1-18(15(19)14-7-2-3-9-17-14)10-8-12-5-4-6-13(16)11-12/h4-6,11,14,17H,2-3,7-10H2,1H3. The van der Waals surface area contributed by atoms with Crippen molar-refractivity contribution in [2.75, 3.05) is 20.1 Å². The lowest BCUT2D eigenvalue weighted by Crippen LogP contribution is -2.47. The van der Waals surface area contributed by atoms with Gasteiger partial charge >= 0.3 is 0 Å². The minimum atomic E-state index is -0.222. The van der Waals surface area contributed by atoms with Crippen LogP contribution in [0.2, 0.25) is 0 Å². The van der Waals surface area contributed by atoms with Gasteiger partial charge in [-0.05, 0) is 43.5 Å². The van der Waals surface area contributed by atoms with E-state index >= 15 is 0 Å². The summed E-state index contributed by atoms with van der Waals surface area (Å²) in [6.45, 7) is 1.55. The molecular weight excluding hydrogens is 243 g/mol. The molecule has 1 amide bonds. The van der Waals surface area contributed by atoms with Crippen molar-refractivity contribution in [3.8, 4) is 0 Å². The van der Waals surface area contributed by atoms with Crippen molar-refractivity contribution in [3.05, 3.63) is 35.6 Å². The zero-order chi connectivity index (χ0) is 13.7. The Balaban J connectivity index is 1.83. The summed E-state index contributed by atoms with van der Waals surface area (Å²) in [5.74, 6) is -0.0727. The predicted molar refractivity (Wildman–Crippen MR) is 73.4 cm³/mol. The first-order valence-corrected chi connectivity index (χ1v) is 6.89. The van der Waals surface area contributed by atoms with Crippen LogP contribution in [0, 0.1) is 5.82 Å². The van der Waals surface area contributed by atoms with Crippen molar-refractivity contribution in [2.45, 2.75) is 31.7 Å². The Morgan fingerprint density at radius 2 is 2.32 bits per heavy atom. The van der Waals surface area contributed by atoms with Crippen LogP contribution >= 0.6 is 0 Å². The molecule has 1 N–H and O–H groups in total. The summed E-state index contributed by atoms with van der Waals surface area (Å²) >= 11 is 0. The molecule has 0 radical (unpaired) electrons. The lowest BCUT2D eigenvalue weighted by Gasteiger charge is -2.27. The van der Waals surface area contributed by atoms with Gasteiger partial charge in [-0.2, -0.15) is 0 Å². The maximum absolute atomic E-state index is 13.1. The Kier molecular flexibility index (Phi) is 4.91. The van der Waals surface area contributed by atoms with Gasteiger partial charge in [0.1, 0.15) is 5.82 Å². The Bertz CT molecular complexity index is 430. The van der Waals surface area contributed by atoms with E-state index in [1.54, 1.807) is 11.0 Å². The largest absolute Gasteiger partial charge is 0.344 e. The molecule has 1 unspecified atom stereocenters. The highest BCUT2D eigenvalue weighted by atomic mass is 19.1. The van der Waals surface area contributed by atoms with Crippen LogP contribution in [0.15, 0.2) is 24.3 Å². The van der Waals surface area contributed by atoms with Crippen LogP contribution < -0.4 is 5.32 Å². The summed E-state index contributed by atoms with van der Waals surface area (Å²) in [6.07, 6.45) is 3.87. The normalized spacial score (nSPS) is 19.2. The Hall–Kier alpha value is -1.42. The van der Waals surface area contributed by atoms with Gasteiger partial charge in [-0.3, -0.25) is 4.79 Å². The number of benzene rings is 1. The quantitative estimate of drug-likeness (QED) is 0.901. The monoisotopic (exact) mass is 264 g/mol. The number of halogens is 1. The summed E-state index contributed by atoms with van der Waals surface area (Å²) in [4.78, 5) is 13.9. The molecule has 4 heteroatoms. The molecule has 2 rings (SSSR count). The SMILES string of the molecule is CN(CCc1cccc(F)c1)C(=O)C1CCCCN1. The van der Waals surface area contributed by atoms with Gasteiger partial charge in [0, 0.05) is 13.6 Å². The zero-order valence-corrected chi connectivity index (χ0v) is 11.4. The highest BCUT2D eigenvalue weighted by Gasteiger charge is 2.23. The van der Waals surface area contributed by atoms with Gasteiger partial charge in [0.25, 0.3) is 0 Å². The molecule has 0 spiro atoms. The van der Waals surface area contributed by atoms with Crippen LogP contribution in [0.4, 0.5) is 4.39 Å². The first kappa shape index (κ1) is 14.0. The summed E-state index contributed by atoms with van der Waals surface area (Å²) in [6, 6.07) is 6.52. The van der Waals surface area contributed by atoms with E-state index in [2.05, 4.69) is 5.32 Å². The first-order valence-electron chi connectivity index (χ1n) is 6.89. The van der Waals surface area contributed by atoms with Crippen LogP contribution in [0.25, 0.3) is 0 Å². The number of hydrogen-bond donors (Lipinski definition) is 1. The number of carbonyl (C=O) groups is 1. The summed E-state index contributed by atoms with van der Waals surface area (Å²) in [5, 5.41) is 3.26. The number of nitrogens with one attached hydrogen (secondary N) is 1. The van der Waals surface area contributed by atoms with Crippen LogP contribution in [0.1, 0.15) is 24.8 Å². The van der Waals surface area contributed by atoms with E-state index in [1.807, 2.05) is 13.1 Å². The van der Waals surface area contributed by atoms with Crippen molar-refractivity contribution >= 4 is 5.91 Å². The maximum atomic E-state index is 13.1. The third-order valence-corrected chi connectivity index (χ3v) is 3.61. The van der Waals surface area contributed by atoms with Gasteiger partial charge in [0.15, 0.2) is 0 Å². The van der Waals surface area contributed by atoms with Crippen LogP contribution in [0.3, 0.4) is 0 Å². The van der Waals surface area contributed by atoms with Crippen LogP contribution in [0.5, 0.6) is 0 Å². The summed E-state index contributed by atoms with van der Waals surface area (Å²) < 4.78 is 13.1. The number of amides is 1. The average molecular weight is 264 g/mol. The average Bonchev–Trinajstić information content (AvgIpc) is 2.45. The van der Waals surface area contributed by atoms with Gasteiger partial charge < -0.3 is 10.2 Å². The molecule has 1 fully saturated rings. The van der Waals surface area contributed by atoms with E-state index in [0.29, 0.717) is 13.0 Å². The maximum Gasteiger partial charge on any atom is 0.239 e. The fourth-order valence-electron chi connectivity index (χ4n) is 2.43. The predicted octanol–water partition coefficient (Wildman–Crippen LogP) is 1.97. The molecule has 19 heavy (non-hydrogen) atoms. The van der Waals surface area contributed by atoms with Crippen LogP contribution in [-0.4, -0.2) is 37.0 Å². The van der Waals surface area contributed by atoms with Crippen molar-refractivity contribution in [2.24, 2.45) is 0 Å². The Morgan fingerprint density at radius 1 is 1.47 bits per heavy atom. The van der Waals surface area contributed by atoms with E-state index in [1.165, 1.54) is 12.1 Å². The molecule has 0 saturated carbocycles. The minimum Gasteiger partial charge on any atom is -0.344 e. The third kappa shape index (κ3) is 4.03. The third-order valence-electron chi connectivity index (χ3n) is 3.61. The fourth-order valence-corrected chi connectivity index (χ4v) is 2.43. The lowest BCUT2D eigenvalue weighted by atomic mass is 10.0. The molecule has 1 aromatic carbocycles. The topological polar surface area (TPSA) is 32.3 Å². The Labute approximate surface area is 113 Å². The number of nitrogens with zero attached hydrogens (tertiary/aromatic N) is 1. The van der Waals surface area contributed by atoms with Gasteiger partial charge in [0.05, 0.1) is 6.04 Å². The van der Waals surface area contributed by atoms with Crippen molar-refractivity contribution in [3.63, 3.8) is 0 Å². The molecule has 104 valence electrons.